The molecule has 2 heterocycles. The van der Waals surface area contributed by atoms with Crippen LogP contribution in [0, 0.1) is 6.92 Å². The minimum Gasteiger partial charge on any atom is -0.441 e. The number of amides is 1. The molecule has 1 saturated heterocycles. The molecule has 1 amide bonds. The van der Waals surface area contributed by atoms with Crippen molar-refractivity contribution in [3.63, 3.8) is 0 Å². The number of hydrogen-bond donors (Lipinski definition) is 1. The fourth-order valence-electron chi connectivity index (χ4n) is 2.74. The number of rotatable bonds is 3. The van der Waals surface area contributed by atoms with Gasteiger partial charge in [0.05, 0.1) is 17.8 Å². The van der Waals surface area contributed by atoms with Gasteiger partial charge in [0, 0.05) is 25.2 Å². The van der Waals surface area contributed by atoms with Crippen LogP contribution in [0.3, 0.4) is 0 Å². The smallest absolute Gasteiger partial charge is 0.416 e. The van der Waals surface area contributed by atoms with Gasteiger partial charge >= 0.3 is 6.18 Å². The number of nitrogens with zero attached hydrogens (tertiary/aromatic N) is 2. The van der Waals surface area contributed by atoms with Crippen molar-refractivity contribution in [3.05, 3.63) is 41.3 Å². The van der Waals surface area contributed by atoms with E-state index in [0.29, 0.717) is 24.5 Å². The van der Waals surface area contributed by atoms with Crippen LogP contribution in [0.25, 0.3) is 11.5 Å². The average Bonchev–Trinajstić information content (AvgIpc) is 2.78. The summed E-state index contributed by atoms with van der Waals surface area (Å²) in [5.41, 5.74) is 0.159. The number of alkyl halides is 3. The van der Waals surface area contributed by atoms with E-state index in [-0.39, 0.29) is 23.9 Å². The van der Waals surface area contributed by atoms with E-state index >= 15 is 0 Å². The Labute approximate surface area is 142 Å². The molecule has 134 valence electrons. The van der Waals surface area contributed by atoms with Gasteiger partial charge in [-0.25, -0.2) is 4.98 Å². The third kappa shape index (κ3) is 4.19. The van der Waals surface area contributed by atoms with Gasteiger partial charge in [-0.1, -0.05) is 6.07 Å². The predicted octanol–water partition coefficient (Wildman–Crippen LogP) is 2.99. The first-order valence-electron chi connectivity index (χ1n) is 7.96. The summed E-state index contributed by atoms with van der Waals surface area (Å²) in [7, 11) is 0. The van der Waals surface area contributed by atoms with Crippen molar-refractivity contribution in [3.8, 4) is 11.5 Å². The maximum atomic E-state index is 12.9. The van der Waals surface area contributed by atoms with Crippen molar-refractivity contribution < 1.29 is 22.4 Å². The van der Waals surface area contributed by atoms with E-state index in [1.165, 1.54) is 12.1 Å². The van der Waals surface area contributed by atoms with Gasteiger partial charge < -0.3 is 9.73 Å². The van der Waals surface area contributed by atoms with E-state index < -0.39 is 11.7 Å². The summed E-state index contributed by atoms with van der Waals surface area (Å²) < 4.78 is 44.1. The van der Waals surface area contributed by atoms with Crippen LogP contribution in [-0.2, 0) is 17.5 Å². The molecular formula is C17H18F3N3O2. The largest absolute Gasteiger partial charge is 0.441 e. The molecule has 0 saturated carbocycles. The Morgan fingerprint density at radius 2 is 2.16 bits per heavy atom. The Hall–Kier alpha value is -2.35. The summed E-state index contributed by atoms with van der Waals surface area (Å²) in [6, 6.07) is 4.89. The highest BCUT2D eigenvalue weighted by atomic mass is 19.4. The third-order valence-electron chi connectivity index (χ3n) is 4.04. The summed E-state index contributed by atoms with van der Waals surface area (Å²) >= 11 is 0. The topological polar surface area (TPSA) is 58.4 Å². The monoisotopic (exact) mass is 353 g/mol. The fraction of sp³-hybridized carbons (Fsp3) is 0.412. The van der Waals surface area contributed by atoms with Crippen molar-refractivity contribution in [2.24, 2.45) is 0 Å². The lowest BCUT2D eigenvalue weighted by Crippen LogP contribution is -2.32. The number of hydrogen-bond acceptors (Lipinski definition) is 4. The van der Waals surface area contributed by atoms with Gasteiger partial charge in [-0.05, 0) is 31.5 Å². The van der Waals surface area contributed by atoms with Crippen LogP contribution < -0.4 is 5.32 Å². The summed E-state index contributed by atoms with van der Waals surface area (Å²) in [6.07, 6.45) is -3.58. The number of nitrogens with one attached hydrogen (secondary N) is 1. The molecular weight excluding hydrogens is 335 g/mol. The minimum absolute atomic E-state index is 0.0447. The van der Waals surface area contributed by atoms with E-state index in [4.69, 9.17) is 4.42 Å². The molecule has 2 aromatic rings. The Morgan fingerprint density at radius 3 is 2.92 bits per heavy atom. The van der Waals surface area contributed by atoms with Crippen LogP contribution in [0.2, 0.25) is 0 Å². The van der Waals surface area contributed by atoms with E-state index in [1.54, 1.807) is 6.92 Å². The van der Waals surface area contributed by atoms with Crippen molar-refractivity contribution >= 4 is 5.91 Å². The van der Waals surface area contributed by atoms with E-state index in [9.17, 15) is 18.0 Å². The van der Waals surface area contributed by atoms with E-state index in [1.807, 2.05) is 4.90 Å². The number of halogens is 3. The molecule has 0 unspecified atom stereocenters. The van der Waals surface area contributed by atoms with Crippen molar-refractivity contribution in [1.29, 1.82) is 0 Å². The number of carbonyl (C=O) groups excluding carboxylic acids is 1. The molecule has 0 radical (unpaired) electrons. The van der Waals surface area contributed by atoms with Gasteiger partial charge in [-0.2, -0.15) is 13.2 Å². The summed E-state index contributed by atoms with van der Waals surface area (Å²) in [4.78, 5) is 17.9. The molecule has 0 bridgehead atoms. The Balaban J connectivity index is 1.82. The molecule has 25 heavy (non-hydrogen) atoms. The van der Waals surface area contributed by atoms with Gasteiger partial charge in [-0.15, -0.1) is 0 Å². The van der Waals surface area contributed by atoms with Crippen molar-refractivity contribution in [2.75, 3.05) is 19.6 Å². The van der Waals surface area contributed by atoms with Gasteiger partial charge in [0.1, 0.15) is 5.76 Å². The van der Waals surface area contributed by atoms with E-state index in [2.05, 4.69) is 10.3 Å². The van der Waals surface area contributed by atoms with Crippen LogP contribution >= 0.6 is 0 Å². The number of aromatic nitrogens is 1. The number of carbonyl (C=O) groups is 1. The average molecular weight is 353 g/mol. The molecule has 0 spiro atoms. The predicted molar refractivity (Wildman–Crippen MR) is 84.6 cm³/mol. The first-order valence-corrected chi connectivity index (χ1v) is 7.96. The lowest BCUT2D eigenvalue weighted by molar-refractivity contribution is -0.137. The Morgan fingerprint density at radius 1 is 1.36 bits per heavy atom. The zero-order chi connectivity index (χ0) is 18.0. The molecule has 1 fully saturated rings. The SMILES string of the molecule is Cc1oc(-c2cccc(C(F)(F)F)c2)nc1CN1CCCNC(=O)C1. The van der Waals surface area contributed by atoms with Gasteiger partial charge in [0.15, 0.2) is 0 Å². The molecule has 1 aromatic heterocycles. The molecule has 0 atom stereocenters. The first-order chi connectivity index (χ1) is 11.8. The highest BCUT2D eigenvalue weighted by Crippen LogP contribution is 2.32. The number of oxazole rings is 1. The molecule has 1 aliphatic heterocycles. The molecule has 1 aliphatic rings. The van der Waals surface area contributed by atoms with Crippen molar-refractivity contribution in [2.45, 2.75) is 26.1 Å². The minimum atomic E-state index is -4.42. The van der Waals surface area contributed by atoms with Crippen molar-refractivity contribution in [1.82, 2.24) is 15.2 Å². The molecule has 8 heteroatoms. The first kappa shape index (κ1) is 17.5. The van der Waals surface area contributed by atoms with Crippen LogP contribution in [0.1, 0.15) is 23.4 Å². The molecule has 0 aliphatic carbocycles. The highest BCUT2D eigenvalue weighted by molar-refractivity contribution is 5.78. The maximum Gasteiger partial charge on any atom is 0.416 e. The van der Waals surface area contributed by atoms with E-state index in [0.717, 1.165) is 25.1 Å². The molecule has 3 rings (SSSR count). The Bertz CT molecular complexity index is 771. The second-order valence-electron chi connectivity index (χ2n) is 6.01. The lowest BCUT2D eigenvalue weighted by Gasteiger charge is -2.16. The summed E-state index contributed by atoms with van der Waals surface area (Å²) in [5.74, 6) is 0.645. The van der Waals surface area contributed by atoms with Crippen LogP contribution in [0.5, 0.6) is 0 Å². The molecule has 1 N–H and O–H groups in total. The second-order valence-corrected chi connectivity index (χ2v) is 6.01. The van der Waals surface area contributed by atoms with Gasteiger partial charge in [0.2, 0.25) is 11.8 Å². The van der Waals surface area contributed by atoms with Gasteiger partial charge in [0.25, 0.3) is 0 Å². The lowest BCUT2D eigenvalue weighted by atomic mass is 10.1. The normalized spacial score (nSPS) is 16.6. The maximum absolute atomic E-state index is 12.9. The van der Waals surface area contributed by atoms with Gasteiger partial charge in [-0.3, -0.25) is 9.69 Å². The van der Waals surface area contributed by atoms with Crippen LogP contribution in [0.15, 0.2) is 28.7 Å². The summed E-state index contributed by atoms with van der Waals surface area (Å²) in [5, 5.41) is 2.80. The van der Waals surface area contributed by atoms with Crippen LogP contribution in [-0.4, -0.2) is 35.4 Å². The quantitative estimate of drug-likeness (QED) is 0.922. The molecule has 5 nitrogen and oxygen atoms in total. The summed E-state index contributed by atoms with van der Waals surface area (Å²) in [6.45, 7) is 3.79. The van der Waals surface area contributed by atoms with Crippen LogP contribution in [0.4, 0.5) is 13.2 Å². The molecule has 1 aromatic carbocycles. The zero-order valence-electron chi connectivity index (χ0n) is 13.7. The zero-order valence-corrected chi connectivity index (χ0v) is 13.7. The fourth-order valence-corrected chi connectivity index (χ4v) is 2.74. The standard InChI is InChI=1S/C17H18F3N3O2/c1-11-14(9-23-7-3-6-21-15(24)10-23)22-16(25-11)12-4-2-5-13(8-12)17(18,19)20/h2,4-5,8H,3,6-7,9-10H2,1H3,(H,21,24). The third-order valence-corrected chi connectivity index (χ3v) is 4.04. The second kappa shape index (κ2) is 6.87. The Kier molecular flexibility index (Phi) is 4.80. The highest BCUT2D eigenvalue weighted by Gasteiger charge is 2.31. The number of aryl methyl sites for hydroxylation is 1. The number of benzene rings is 1.